The molecule has 2 aromatic carbocycles. The molecule has 0 heterocycles. The van der Waals surface area contributed by atoms with Crippen molar-refractivity contribution in [1.29, 1.82) is 0 Å². The molecular formula is C15H16N2O2. The van der Waals surface area contributed by atoms with Crippen LogP contribution in [0.5, 0.6) is 0 Å². The van der Waals surface area contributed by atoms with E-state index in [1.165, 1.54) is 0 Å². The van der Waals surface area contributed by atoms with Crippen molar-refractivity contribution in [1.82, 2.24) is 0 Å². The van der Waals surface area contributed by atoms with Gasteiger partial charge in [-0.15, -0.1) is 0 Å². The van der Waals surface area contributed by atoms with Gasteiger partial charge < -0.3 is 16.2 Å². The number of carbonyl (C=O) groups is 1. The molecule has 0 unspecified atom stereocenters. The minimum atomic E-state index is -0.238. The second-order valence-electron chi connectivity index (χ2n) is 4.35. The van der Waals surface area contributed by atoms with Crippen LogP contribution in [0.2, 0.25) is 0 Å². The second-order valence-corrected chi connectivity index (χ2v) is 4.35. The number of nitrogens with one attached hydrogen (secondary N) is 1. The molecule has 0 aliphatic rings. The van der Waals surface area contributed by atoms with Gasteiger partial charge in [0.15, 0.2) is 0 Å². The highest BCUT2D eigenvalue weighted by molar-refractivity contribution is 6.08. The molecule has 2 aromatic rings. The van der Waals surface area contributed by atoms with Crippen LogP contribution in [0.1, 0.15) is 21.5 Å². The molecule has 4 heteroatoms. The van der Waals surface area contributed by atoms with Gasteiger partial charge in [0.2, 0.25) is 0 Å². The van der Waals surface area contributed by atoms with E-state index in [9.17, 15) is 4.79 Å². The number of hydrogen-bond donors (Lipinski definition) is 3. The Morgan fingerprint density at radius 2 is 1.89 bits per heavy atom. The summed E-state index contributed by atoms with van der Waals surface area (Å²) in [6, 6.07) is 12.4. The van der Waals surface area contributed by atoms with E-state index in [0.29, 0.717) is 16.9 Å². The third kappa shape index (κ3) is 2.92. The summed E-state index contributed by atoms with van der Waals surface area (Å²) in [5.74, 6) is -0.238. The average Bonchev–Trinajstić information content (AvgIpc) is 2.42. The first-order chi connectivity index (χ1) is 9.11. The summed E-state index contributed by atoms with van der Waals surface area (Å²) in [5, 5.41) is 11.7. The van der Waals surface area contributed by atoms with E-state index in [-0.39, 0.29) is 12.5 Å². The maximum Gasteiger partial charge on any atom is 0.257 e. The molecule has 0 fully saturated rings. The fourth-order valence-electron chi connectivity index (χ4n) is 1.77. The van der Waals surface area contributed by atoms with Gasteiger partial charge in [-0.2, -0.15) is 0 Å². The second kappa shape index (κ2) is 5.54. The summed E-state index contributed by atoms with van der Waals surface area (Å²) in [7, 11) is 0. The Kier molecular flexibility index (Phi) is 3.82. The zero-order valence-corrected chi connectivity index (χ0v) is 10.7. The number of hydrogen-bond acceptors (Lipinski definition) is 3. The molecule has 2 rings (SSSR count). The first-order valence-electron chi connectivity index (χ1n) is 5.98. The van der Waals surface area contributed by atoms with Gasteiger partial charge in [0, 0.05) is 11.4 Å². The largest absolute Gasteiger partial charge is 0.398 e. The number of para-hydroxylation sites is 1. The molecule has 19 heavy (non-hydrogen) atoms. The van der Waals surface area contributed by atoms with Crippen molar-refractivity contribution in [2.24, 2.45) is 0 Å². The Bertz CT molecular complexity index is 592. The molecule has 0 saturated carbocycles. The minimum absolute atomic E-state index is 0.0148. The van der Waals surface area contributed by atoms with E-state index < -0.39 is 0 Å². The third-order valence-electron chi connectivity index (χ3n) is 2.96. The van der Waals surface area contributed by atoms with Crippen LogP contribution in [0.15, 0.2) is 42.5 Å². The molecule has 0 aromatic heterocycles. The molecule has 0 aliphatic heterocycles. The molecule has 98 valence electrons. The topological polar surface area (TPSA) is 75.3 Å². The van der Waals surface area contributed by atoms with Crippen LogP contribution in [0.25, 0.3) is 0 Å². The van der Waals surface area contributed by atoms with Gasteiger partial charge >= 0.3 is 0 Å². The summed E-state index contributed by atoms with van der Waals surface area (Å²) >= 11 is 0. The first kappa shape index (κ1) is 13.1. The number of nitrogens with two attached hydrogens (primary N) is 1. The third-order valence-corrected chi connectivity index (χ3v) is 2.96. The predicted octanol–water partition coefficient (Wildman–Crippen LogP) is 2.32. The van der Waals surface area contributed by atoms with Crippen molar-refractivity contribution in [2.75, 3.05) is 11.1 Å². The highest BCUT2D eigenvalue weighted by Crippen LogP contribution is 2.18. The number of aliphatic hydroxyl groups is 1. The van der Waals surface area contributed by atoms with E-state index in [2.05, 4.69) is 5.32 Å². The number of rotatable bonds is 3. The lowest BCUT2D eigenvalue weighted by molar-refractivity contribution is 0.102. The molecule has 0 radical (unpaired) electrons. The standard InChI is InChI=1S/C15H16N2O2/c1-10-3-2-4-13(14(10)16)15(19)17-12-7-5-11(9-18)6-8-12/h2-8,18H,9,16H2,1H3,(H,17,19). The van der Waals surface area contributed by atoms with Crippen molar-refractivity contribution in [3.05, 3.63) is 59.2 Å². The van der Waals surface area contributed by atoms with E-state index in [4.69, 9.17) is 10.8 Å². The van der Waals surface area contributed by atoms with Crippen LogP contribution in [0, 0.1) is 6.92 Å². The van der Waals surface area contributed by atoms with Crippen LogP contribution in [0.4, 0.5) is 11.4 Å². The average molecular weight is 256 g/mol. The summed E-state index contributed by atoms with van der Waals surface area (Å²) in [6.45, 7) is 1.85. The van der Waals surface area contributed by atoms with Crippen LogP contribution < -0.4 is 11.1 Å². The number of amides is 1. The summed E-state index contributed by atoms with van der Waals surface area (Å²) < 4.78 is 0. The SMILES string of the molecule is Cc1cccc(C(=O)Nc2ccc(CO)cc2)c1N. The molecule has 0 atom stereocenters. The normalized spacial score (nSPS) is 10.2. The molecule has 4 nitrogen and oxygen atoms in total. The van der Waals surface area contributed by atoms with E-state index in [1.807, 2.05) is 13.0 Å². The molecule has 0 spiro atoms. The molecule has 0 aliphatic carbocycles. The number of benzene rings is 2. The lowest BCUT2D eigenvalue weighted by Crippen LogP contribution is -2.14. The predicted molar refractivity (Wildman–Crippen MR) is 75.9 cm³/mol. The Hall–Kier alpha value is -2.33. The lowest BCUT2D eigenvalue weighted by atomic mass is 10.1. The van der Waals surface area contributed by atoms with Crippen LogP contribution in [-0.2, 0) is 6.61 Å². The molecular weight excluding hydrogens is 240 g/mol. The van der Waals surface area contributed by atoms with Crippen molar-refractivity contribution in [2.45, 2.75) is 13.5 Å². The number of nitrogen functional groups attached to an aromatic ring is 1. The van der Waals surface area contributed by atoms with Gasteiger partial charge in [0.25, 0.3) is 5.91 Å². The van der Waals surface area contributed by atoms with Crippen molar-refractivity contribution in [3.63, 3.8) is 0 Å². The van der Waals surface area contributed by atoms with Crippen LogP contribution >= 0.6 is 0 Å². The molecule has 0 saturated heterocycles. The number of carbonyl (C=O) groups excluding carboxylic acids is 1. The molecule has 1 amide bonds. The lowest BCUT2D eigenvalue weighted by Gasteiger charge is -2.09. The molecule has 4 N–H and O–H groups in total. The van der Waals surface area contributed by atoms with Gasteiger partial charge in [-0.3, -0.25) is 4.79 Å². The van der Waals surface area contributed by atoms with Crippen molar-refractivity contribution >= 4 is 17.3 Å². The van der Waals surface area contributed by atoms with Crippen molar-refractivity contribution < 1.29 is 9.90 Å². The Morgan fingerprint density at radius 3 is 2.53 bits per heavy atom. The fourth-order valence-corrected chi connectivity index (χ4v) is 1.77. The maximum atomic E-state index is 12.1. The smallest absolute Gasteiger partial charge is 0.257 e. The molecule has 0 bridgehead atoms. The summed E-state index contributed by atoms with van der Waals surface area (Å²) in [6.07, 6.45) is 0. The maximum absolute atomic E-state index is 12.1. The summed E-state index contributed by atoms with van der Waals surface area (Å²) in [4.78, 5) is 12.1. The van der Waals surface area contributed by atoms with Crippen LogP contribution in [0.3, 0.4) is 0 Å². The zero-order chi connectivity index (χ0) is 13.8. The number of aliphatic hydroxyl groups excluding tert-OH is 1. The highest BCUT2D eigenvalue weighted by atomic mass is 16.3. The Labute approximate surface area is 111 Å². The quantitative estimate of drug-likeness (QED) is 0.738. The van der Waals surface area contributed by atoms with Gasteiger partial charge in [-0.25, -0.2) is 0 Å². The zero-order valence-electron chi connectivity index (χ0n) is 10.7. The van der Waals surface area contributed by atoms with Gasteiger partial charge in [0.05, 0.1) is 12.2 Å². The van der Waals surface area contributed by atoms with Crippen LogP contribution in [-0.4, -0.2) is 11.0 Å². The van der Waals surface area contributed by atoms with E-state index >= 15 is 0 Å². The van der Waals surface area contributed by atoms with E-state index in [1.54, 1.807) is 36.4 Å². The summed E-state index contributed by atoms with van der Waals surface area (Å²) in [5.41, 5.74) is 9.19. The minimum Gasteiger partial charge on any atom is -0.398 e. The number of anilines is 2. The Morgan fingerprint density at radius 1 is 1.21 bits per heavy atom. The monoisotopic (exact) mass is 256 g/mol. The highest BCUT2D eigenvalue weighted by Gasteiger charge is 2.10. The van der Waals surface area contributed by atoms with E-state index in [0.717, 1.165) is 11.1 Å². The van der Waals surface area contributed by atoms with Gasteiger partial charge in [0.1, 0.15) is 0 Å². The van der Waals surface area contributed by atoms with Gasteiger partial charge in [-0.1, -0.05) is 24.3 Å². The van der Waals surface area contributed by atoms with Gasteiger partial charge in [-0.05, 0) is 36.2 Å². The number of aryl methyl sites for hydroxylation is 1. The first-order valence-corrected chi connectivity index (χ1v) is 5.98. The van der Waals surface area contributed by atoms with Crippen molar-refractivity contribution in [3.8, 4) is 0 Å². The Balaban J connectivity index is 2.18. The fraction of sp³-hybridized carbons (Fsp3) is 0.133.